The highest BCUT2D eigenvalue weighted by Crippen LogP contribution is 2.33. The van der Waals surface area contributed by atoms with E-state index in [1.807, 2.05) is 42.1 Å². The van der Waals surface area contributed by atoms with Gasteiger partial charge in [0.25, 0.3) is 0 Å². The predicted octanol–water partition coefficient (Wildman–Crippen LogP) is 4.86. The fourth-order valence-electron chi connectivity index (χ4n) is 2.43. The van der Waals surface area contributed by atoms with Crippen LogP contribution in [0.2, 0.25) is 0 Å². The highest BCUT2D eigenvalue weighted by atomic mass is 32.2. The Morgan fingerprint density at radius 1 is 1.17 bits per heavy atom. The van der Waals surface area contributed by atoms with Crippen molar-refractivity contribution in [3.05, 3.63) is 59.9 Å². The maximum Gasteiger partial charge on any atom is 0.155 e. The Bertz CT molecular complexity index is 786. The Kier molecular flexibility index (Phi) is 5.20. The number of thioether (sulfide) groups is 1. The number of para-hydroxylation sites is 1. The minimum atomic E-state index is 0.511. The maximum absolute atomic E-state index is 5.95. The van der Waals surface area contributed by atoms with E-state index in [4.69, 9.17) is 4.74 Å². The van der Waals surface area contributed by atoms with Crippen LogP contribution in [-0.4, -0.2) is 20.4 Å². The molecule has 2 aromatic carbocycles. The molecule has 0 fully saturated rings. The van der Waals surface area contributed by atoms with Crippen LogP contribution < -0.4 is 4.74 Å². The normalized spacial score (nSPS) is 11.0. The molecule has 5 heteroatoms. The van der Waals surface area contributed by atoms with Crippen LogP contribution in [0, 0.1) is 6.92 Å². The van der Waals surface area contributed by atoms with Crippen molar-refractivity contribution < 1.29 is 4.74 Å². The molecular formula is C19H21N3OS. The van der Waals surface area contributed by atoms with Gasteiger partial charge in [-0.25, -0.2) is 4.98 Å². The van der Waals surface area contributed by atoms with Crippen molar-refractivity contribution in [1.82, 2.24) is 15.2 Å². The average molecular weight is 339 g/mol. The zero-order valence-electron chi connectivity index (χ0n) is 14.1. The Hall–Kier alpha value is -2.27. The standard InChI is InChI=1S/C19H21N3OS/c1-13(2)24-18-10-15(19-20-12-21-22-19)9-16(14(18)3)11-23-17-7-5-4-6-8-17/h4-10,12-13H,11H2,1-3H3,(H,20,21,22). The summed E-state index contributed by atoms with van der Waals surface area (Å²) in [7, 11) is 0. The third-order valence-electron chi connectivity index (χ3n) is 3.66. The van der Waals surface area contributed by atoms with Crippen LogP contribution in [0.4, 0.5) is 0 Å². The molecule has 1 aromatic heterocycles. The first-order valence-corrected chi connectivity index (χ1v) is 8.85. The van der Waals surface area contributed by atoms with E-state index >= 15 is 0 Å². The van der Waals surface area contributed by atoms with Gasteiger partial charge in [-0.3, -0.25) is 5.10 Å². The summed E-state index contributed by atoms with van der Waals surface area (Å²) in [5.74, 6) is 1.65. The van der Waals surface area contributed by atoms with Crippen LogP contribution in [0.3, 0.4) is 0 Å². The summed E-state index contributed by atoms with van der Waals surface area (Å²) in [5.41, 5.74) is 3.46. The molecule has 0 radical (unpaired) electrons. The fraction of sp³-hybridized carbons (Fsp3) is 0.263. The molecule has 0 saturated heterocycles. The molecular weight excluding hydrogens is 318 g/mol. The first-order chi connectivity index (χ1) is 11.6. The predicted molar refractivity (Wildman–Crippen MR) is 98.3 cm³/mol. The van der Waals surface area contributed by atoms with Gasteiger partial charge in [0.1, 0.15) is 18.7 Å². The van der Waals surface area contributed by atoms with Crippen LogP contribution in [0.1, 0.15) is 25.0 Å². The van der Waals surface area contributed by atoms with E-state index in [0.29, 0.717) is 11.9 Å². The monoisotopic (exact) mass is 339 g/mol. The lowest BCUT2D eigenvalue weighted by molar-refractivity contribution is 0.305. The largest absolute Gasteiger partial charge is 0.489 e. The van der Waals surface area contributed by atoms with Crippen molar-refractivity contribution in [2.24, 2.45) is 0 Å². The van der Waals surface area contributed by atoms with E-state index in [1.165, 1.54) is 16.8 Å². The van der Waals surface area contributed by atoms with Gasteiger partial charge in [-0.1, -0.05) is 32.0 Å². The molecule has 3 rings (SSSR count). The average Bonchev–Trinajstić information content (AvgIpc) is 3.10. The first-order valence-electron chi connectivity index (χ1n) is 7.97. The minimum Gasteiger partial charge on any atom is -0.489 e. The fourth-order valence-corrected chi connectivity index (χ4v) is 3.44. The number of aromatic amines is 1. The van der Waals surface area contributed by atoms with Gasteiger partial charge < -0.3 is 4.74 Å². The SMILES string of the molecule is Cc1c(COc2ccccc2)cc(-c2ncn[nH]2)cc1SC(C)C. The summed E-state index contributed by atoms with van der Waals surface area (Å²) in [4.78, 5) is 5.53. The van der Waals surface area contributed by atoms with Crippen molar-refractivity contribution >= 4 is 11.8 Å². The van der Waals surface area contributed by atoms with Crippen molar-refractivity contribution in [3.63, 3.8) is 0 Å². The molecule has 0 atom stereocenters. The van der Waals surface area contributed by atoms with Crippen LogP contribution in [-0.2, 0) is 6.61 Å². The Morgan fingerprint density at radius 2 is 1.96 bits per heavy atom. The molecule has 0 amide bonds. The van der Waals surface area contributed by atoms with E-state index < -0.39 is 0 Å². The molecule has 24 heavy (non-hydrogen) atoms. The Morgan fingerprint density at radius 3 is 2.62 bits per heavy atom. The number of benzene rings is 2. The number of H-pyrrole nitrogens is 1. The number of hydrogen-bond acceptors (Lipinski definition) is 4. The lowest BCUT2D eigenvalue weighted by atomic mass is 10.0. The number of aromatic nitrogens is 3. The van der Waals surface area contributed by atoms with Crippen LogP contribution >= 0.6 is 11.8 Å². The van der Waals surface area contributed by atoms with Crippen molar-refractivity contribution in [2.45, 2.75) is 37.5 Å². The summed E-state index contributed by atoms with van der Waals surface area (Å²) in [6.07, 6.45) is 1.53. The van der Waals surface area contributed by atoms with Gasteiger partial charge in [-0.05, 0) is 42.3 Å². The van der Waals surface area contributed by atoms with Gasteiger partial charge in [0, 0.05) is 15.7 Å². The Labute approximate surface area is 146 Å². The highest BCUT2D eigenvalue weighted by Gasteiger charge is 2.12. The van der Waals surface area contributed by atoms with Gasteiger partial charge in [0.2, 0.25) is 0 Å². The van der Waals surface area contributed by atoms with E-state index in [-0.39, 0.29) is 0 Å². The molecule has 0 unspecified atom stereocenters. The topological polar surface area (TPSA) is 50.8 Å². The first kappa shape index (κ1) is 16.6. The molecule has 1 heterocycles. The van der Waals surface area contributed by atoms with Gasteiger partial charge in [0.15, 0.2) is 5.82 Å². The third-order valence-corrected chi connectivity index (χ3v) is 4.81. The third kappa shape index (κ3) is 3.97. The smallest absolute Gasteiger partial charge is 0.155 e. The summed E-state index contributed by atoms with van der Waals surface area (Å²) >= 11 is 1.85. The van der Waals surface area contributed by atoms with Crippen LogP contribution in [0.25, 0.3) is 11.4 Å². The van der Waals surface area contributed by atoms with Crippen LogP contribution in [0.15, 0.2) is 53.7 Å². The second kappa shape index (κ2) is 7.53. The highest BCUT2D eigenvalue weighted by molar-refractivity contribution is 8.00. The second-order valence-electron chi connectivity index (χ2n) is 5.86. The van der Waals surface area contributed by atoms with Crippen molar-refractivity contribution in [2.75, 3.05) is 0 Å². The van der Waals surface area contributed by atoms with Crippen molar-refractivity contribution in [1.29, 1.82) is 0 Å². The molecule has 0 bridgehead atoms. The van der Waals surface area contributed by atoms with Gasteiger partial charge >= 0.3 is 0 Å². The van der Waals surface area contributed by atoms with Gasteiger partial charge in [-0.2, -0.15) is 5.10 Å². The summed E-state index contributed by atoms with van der Waals surface area (Å²) in [6, 6.07) is 14.2. The molecule has 0 aliphatic heterocycles. The van der Waals surface area contributed by atoms with E-state index in [0.717, 1.165) is 22.7 Å². The number of hydrogen-bond donors (Lipinski definition) is 1. The molecule has 3 aromatic rings. The molecule has 0 aliphatic carbocycles. The number of nitrogens with one attached hydrogen (secondary N) is 1. The summed E-state index contributed by atoms with van der Waals surface area (Å²) in [6.45, 7) is 7.08. The minimum absolute atomic E-state index is 0.511. The lowest BCUT2D eigenvalue weighted by Gasteiger charge is -2.15. The Balaban J connectivity index is 1.92. The number of rotatable bonds is 6. The number of nitrogens with zero attached hydrogens (tertiary/aromatic N) is 2. The summed E-state index contributed by atoms with van der Waals surface area (Å²) in [5, 5.41) is 7.41. The zero-order chi connectivity index (χ0) is 16.9. The van der Waals surface area contributed by atoms with E-state index in [2.05, 4.69) is 48.1 Å². The molecule has 0 spiro atoms. The van der Waals surface area contributed by atoms with Gasteiger partial charge in [-0.15, -0.1) is 11.8 Å². The summed E-state index contributed by atoms with van der Waals surface area (Å²) < 4.78 is 5.95. The molecule has 4 nitrogen and oxygen atoms in total. The molecule has 1 N–H and O–H groups in total. The van der Waals surface area contributed by atoms with Gasteiger partial charge in [0.05, 0.1) is 0 Å². The zero-order valence-corrected chi connectivity index (χ0v) is 14.9. The molecule has 124 valence electrons. The molecule has 0 aliphatic rings. The van der Waals surface area contributed by atoms with E-state index in [9.17, 15) is 0 Å². The molecule has 0 saturated carbocycles. The van der Waals surface area contributed by atoms with Crippen molar-refractivity contribution in [3.8, 4) is 17.1 Å². The maximum atomic E-state index is 5.95. The van der Waals surface area contributed by atoms with Crippen LogP contribution in [0.5, 0.6) is 5.75 Å². The lowest BCUT2D eigenvalue weighted by Crippen LogP contribution is -2.01. The second-order valence-corrected chi connectivity index (χ2v) is 7.48. The quantitative estimate of drug-likeness (QED) is 0.652. The number of ether oxygens (including phenoxy) is 1. The van der Waals surface area contributed by atoms with E-state index in [1.54, 1.807) is 0 Å².